The van der Waals surface area contributed by atoms with Crippen LogP contribution in [0, 0.1) is 11.8 Å². The standard InChI is InChI=1S/C18H20BBrN5O2/c1-23-10-14(20)4-16(18(23)27)22-17-3-2-15(5-21-17)24-6-12-8-25(19-11-26)9-13(12)7-24/h2-5,10-13H,6-9H2,1H3,(H,21,22). The number of fused-ring (bicyclic) bond motifs is 1. The molecule has 2 fully saturated rings. The summed E-state index contributed by atoms with van der Waals surface area (Å²) in [5.41, 5.74) is 1.46. The highest BCUT2D eigenvalue weighted by molar-refractivity contribution is 9.10. The van der Waals surface area contributed by atoms with Crippen LogP contribution in [0.3, 0.4) is 0 Å². The van der Waals surface area contributed by atoms with Crippen molar-refractivity contribution in [3.05, 3.63) is 45.4 Å². The highest BCUT2D eigenvalue weighted by atomic mass is 79.9. The number of anilines is 3. The van der Waals surface area contributed by atoms with Crippen LogP contribution in [-0.2, 0) is 11.8 Å². The maximum atomic E-state index is 12.2. The minimum absolute atomic E-state index is 0.104. The Balaban J connectivity index is 1.42. The predicted octanol–water partition coefficient (Wildman–Crippen LogP) is 1.46. The van der Waals surface area contributed by atoms with E-state index in [9.17, 15) is 9.59 Å². The molecular weight excluding hydrogens is 409 g/mol. The predicted molar refractivity (Wildman–Crippen MR) is 110 cm³/mol. The van der Waals surface area contributed by atoms with E-state index < -0.39 is 0 Å². The second-order valence-corrected chi connectivity index (χ2v) is 8.09. The topological polar surface area (TPSA) is 70.5 Å². The first-order chi connectivity index (χ1) is 13.0. The number of aryl methyl sites for hydroxylation is 1. The molecule has 0 saturated carbocycles. The average Bonchev–Trinajstić information content (AvgIpc) is 3.19. The van der Waals surface area contributed by atoms with Gasteiger partial charge in [0.05, 0.1) is 18.1 Å². The second kappa shape index (κ2) is 7.48. The van der Waals surface area contributed by atoms with Crippen LogP contribution >= 0.6 is 15.9 Å². The Kier molecular flexibility index (Phi) is 5.05. The molecule has 9 heteroatoms. The molecular formula is C18H20BBrN5O2. The largest absolute Gasteiger partial charge is 0.370 e. The van der Waals surface area contributed by atoms with Gasteiger partial charge in [-0.1, -0.05) is 0 Å². The van der Waals surface area contributed by atoms with Crippen LogP contribution in [0.15, 0.2) is 39.9 Å². The zero-order chi connectivity index (χ0) is 19.0. The number of halogens is 1. The molecule has 2 aromatic rings. The number of carbonyl (C=O) groups excluding carboxylic acids is 1. The molecule has 0 spiro atoms. The van der Waals surface area contributed by atoms with Crippen molar-refractivity contribution in [2.24, 2.45) is 18.9 Å². The fourth-order valence-electron chi connectivity index (χ4n) is 3.99. The molecule has 2 aliphatic rings. The first-order valence-electron chi connectivity index (χ1n) is 8.90. The third kappa shape index (κ3) is 3.79. The normalized spacial score (nSPS) is 21.9. The molecule has 2 aliphatic heterocycles. The van der Waals surface area contributed by atoms with Crippen molar-refractivity contribution in [2.45, 2.75) is 0 Å². The van der Waals surface area contributed by atoms with Crippen molar-refractivity contribution in [1.82, 2.24) is 14.4 Å². The lowest BCUT2D eigenvalue weighted by atomic mass is 9.95. The van der Waals surface area contributed by atoms with Gasteiger partial charge >= 0.3 is 0 Å². The van der Waals surface area contributed by atoms with E-state index in [4.69, 9.17) is 0 Å². The SMILES string of the molecule is Cn1cc(Br)cc(Nc2ccc(N3CC4CN([B]C=O)CC4C3)cn2)c1=O. The van der Waals surface area contributed by atoms with Crippen LogP contribution in [0.2, 0.25) is 0 Å². The maximum absolute atomic E-state index is 12.2. The van der Waals surface area contributed by atoms with E-state index in [2.05, 4.69) is 35.9 Å². The van der Waals surface area contributed by atoms with Gasteiger partial charge < -0.3 is 24.4 Å². The van der Waals surface area contributed by atoms with Crippen molar-refractivity contribution in [2.75, 3.05) is 36.4 Å². The van der Waals surface area contributed by atoms with Crippen LogP contribution < -0.4 is 15.8 Å². The molecule has 1 N–H and O–H groups in total. The Hall–Kier alpha value is -2.13. The Morgan fingerprint density at radius 1 is 1.26 bits per heavy atom. The average molecular weight is 429 g/mol. The summed E-state index contributed by atoms with van der Waals surface area (Å²) in [6, 6.07) is 5.69. The lowest BCUT2D eigenvalue weighted by Gasteiger charge is -2.22. The summed E-state index contributed by atoms with van der Waals surface area (Å²) in [6.45, 7) is 3.85. The molecule has 139 valence electrons. The van der Waals surface area contributed by atoms with Gasteiger partial charge in [0.25, 0.3) is 13.0 Å². The fourth-order valence-corrected chi connectivity index (χ4v) is 4.53. The number of aromatic nitrogens is 2. The second-order valence-electron chi connectivity index (χ2n) is 7.18. The molecule has 2 saturated heterocycles. The maximum Gasteiger partial charge on any atom is 0.293 e. The molecule has 2 unspecified atom stereocenters. The number of pyridine rings is 2. The van der Waals surface area contributed by atoms with Crippen molar-refractivity contribution in [1.29, 1.82) is 0 Å². The Bertz CT molecular complexity index is 890. The number of hydrogen-bond donors (Lipinski definition) is 1. The third-order valence-corrected chi connectivity index (χ3v) is 5.75. The summed E-state index contributed by atoms with van der Waals surface area (Å²) < 4.78 is 2.35. The first kappa shape index (κ1) is 18.2. The van der Waals surface area contributed by atoms with E-state index in [0.29, 0.717) is 23.3 Å². The number of carbonyl (C=O) groups is 1. The highest BCUT2D eigenvalue weighted by Crippen LogP contribution is 2.33. The molecule has 0 bridgehead atoms. The molecule has 0 aliphatic carbocycles. The number of nitrogens with one attached hydrogen (secondary N) is 1. The van der Waals surface area contributed by atoms with Crippen LogP contribution in [0.4, 0.5) is 17.2 Å². The lowest BCUT2D eigenvalue weighted by Crippen LogP contribution is -2.31. The Morgan fingerprint density at radius 2 is 2.00 bits per heavy atom. The fraction of sp³-hybridized carbons (Fsp3) is 0.389. The molecule has 7 nitrogen and oxygen atoms in total. The van der Waals surface area contributed by atoms with Crippen LogP contribution in [-0.4, -0.2) is 54.1 Å². The monoisotopic (exact) mass is 428 g/mol. The zero-order valence-corrected chi connectivity index (χ0v) is 16.6. The van der Waals surface area contributed by atoms with Gasteiger partial charge in [0.2, 0.25) is 0 Å². The van der Waals surface area contributed by atoms with E-state index in [1.165, 1.54) is 4.57 Å². The van der Waals surface area contributed by atoms with E-state index in [1.54, 1.807) is 26.7 Å². The van der Waals surface area contributed by atoms with Gasteiger partial charge in [0, 0.05) is 30.8 Å². The summed E-state index contributed by atoms with van der Waals surface area (Å²) >= 11 is 3.40. The summed E-state index contributed by atoms with van der Waals surface area (Å²) in [5.74, 6) is 1.81. The lowest BCUT2D eigenvalue weighted by molar-refractivity contribution is 0.503. The molecule has 2 atom stereocenters. The first-order valence-corrected chi connectivity index (χ1v) is 9.69. The Labute approximate surface area is 166 Å². The minimum Gasteiger partial charge on any atom is -0.370 e. The van der Waals surface area contributed by atoms with E-state index in [1.807, 2.05) is 18.3 Å². The summed E-state index contributed by atoms with van der Waals surface area (Å²) in [6.07, 6.45) is 4.44. The number of hydrogen-bond acceptors (Lipinski definition) is 6. The van der Waals surface area contributed by atoms with Gasteiger partial charge in [-0.2, -0.15) is 0 Å². The molecule has 4 heterocycles. The van der Waals surface area contributed by atoms with Gasteiger partial charge in [-0.3, -0.25) is 4.79 Å². The van der Waals surface area contributed by atoms with Crippen LogP contribution in [0.25, 0.3) is 0 Å². The molecule has 1 radical (unpaired) electrons. The van der Waals surface area contributed by atoms with Gasteiger partial charge in [-0.05, 0) is 59.1 Å². The molecule has 2 aromatic heterocycles. The number of nitrogens with zero attached hydrogens (tertiary/aromatic N) is 4. The van der Waals surface area contributed by atoms with E-state index in [0.717, 1.165) is 42.5 Å². The van der Waals surface area contributed by atoms with Gasteiger partial charge in [0.1, 0.15) is 11.5 Å². The quantitative estimate of drug-likeness (QED) is 0.574. The summed E-state index contributed by atoms with van der Waals surface area (Å²) in [4.78, 5) is 31.8. The third-order valence-electron chi connectivity index (χ3n) is 5.31. The van der Waals surface area contributed by atoms with E-state index >= 15 is 0 Å². The van der Waals surface area contributed by atoms with Crippen LogP contribution in [0.5, 0.6) is 0 Å². The zero-order valence-electron chi connectivity index (χ0n) is 15.0. The van der Waals surface area contributed by atoms with Crippen molar-refractivity contribution in [3.63, 3.8) is 0 Å². The molecule has 0 amide bonds. The van der Waals surface area contributed by atoms with Gasteiger partial charge in [-0.15, -0.1) is 0 Å². The van der Waals surface area contributed by atoms with Gasteiger partial charge in [-0.25, -0.2) is 4.98 Å². The van der Waals surface area contributed by atoms with Gasteiger partial charge in [0.15, 0.2) is 0 Å². The van der Waals surface area contributed by atoms with E-state index in [-0.39, 0.29) is 5.56 Å². The molecule has 27 heavy (non-hydrogen) atoms. The minimum atomic E-state index is -0.104. The van der Waals surface area contributed by atoms with Crippen molar-refractivity contribution < 1.29 is 4.79 Å². The number of rotatable bonds is 5. The smallest absolute Gasteiger partial charge is 0.293 e. The highest BCUT2D eigenvalue weighted by Gasteiger charge is 2.39. The Morgan fingerprint density at radius 3 is 2.63 bits per heavy atom. The van der Waals surface area contributed by atoms with Crippen molar-refractivity contribution >= 4 is 46.7 Å². The van der Waals surface area contributed by atoms with Crippen LogP contribution in [0.1, 0.15) is 0 Å². The summed E-state index contributed by atoms with van der Waals surface area (Å²) in [7, 11) is 3.37. The molecule has 0 aromatic carbocycles. The summed E-state index contributed by atoms with van der Waals surface area (Å²) in [5, 5.41) is 3.09. The molecule has 4 rings (SSSR count). The van der Waals surface area contributed by atoms with Crippen molar-refractivity contribution in [3.8, 4) is 0 Å².